The smallest absolute Gasteiger partial charge is 0.307 e. The van der Waals surface area contributed by atoms with Crippen molar-refractivity contribution in [3.05, 3.63) is 84.2 Å². The van der Waals surface area contributed by atoms with Crippen molar-refractivity contribution in [1.29, 1.82) is 0 Å². The monoisotopic (exact) mass is 416 g/mol. The molecular formula is C22H20N6O3. The zero-order valence-corrected chi connectivity index (χ0v) is 16.8. The van der Waals surface area contributed by atoms with Gasteiger partial charge in [-0.1, -0.05) is 36.4 Å². The molecule has 156 valence electrons. The molecule has 0 atom stereocenters. The van der Waals surface area contributed by atoms with E-state index in [0.717, 1.165) is 11.1 Å². The highest BCUT2D eigenvalue weighted by Crippen LogP contribution is 2.25. The van der Waals surface area contributed by atoms with Gasteiger partial charge in [0.15, 0.2) is 0 Å². The molecule has 4 aromatic rings. The fraction of sp³-hybridized carbons (Fsp3) is 0.136. The molecule has 31 heavy (non-hydrogen) atoms. The molecule has 0 unspecified atom stereocenters. The van der Waals surface area contributed by atoms with E-state index in [0.29, 0.717) is 29.1 Å². The SMILES string of the molecule is Cn1ncc(-c2ccc(CC(=O)O)cc2)c1C(=O)Nc1ccc(Cn2cncn2)cc1. The van der Waals surface area contributed by atoms with Gasteiger partial charge in [-0.15, -0.1) is 0 Å². The quantitative estimate of drug-likeness (QED) is 0.479. The van der Waals surface area contributed by atoms with Crippen LogP contribution in [0, 0.1) is 0 Å². The van der Waals surface area contributed by atoms with Gasteiger partial charge in [0.2, 0.25) is 0 Å². The molecule has 0 saturated heterocycles. The van der Waals surface area contributed by atoms with Crippen LogP contribution in [0.4, 0.5) is 5.69 Å². The second-order valence-electron chi connectivity index (χ2n) is 7.04. The molecular weight excluding hydrogens is 396 g/mol. The van der Waals surface area contributed by atoms with Crippen molar-refractivity contribution in [1.82, 2.24) is 24.5 Å². The molecule has 2 aromatic heterocycles. The van der Waals surface area contributed by atoms with Gasteiger partial charge < -0.3 is 10.4 Å². The van der Waals surface area contributed by atoms with Gasteiger partial charge in [-0.25, -0.2) is 9.67 Å². The first-order valence-electron chi connectivity index (χ1n) is 9.55. The van der Waals surface area contributed by atoms with E-state index in [1.54, 1.807) is 48.5 Å². The zero-order chi connectivity index (χ0) is 21.8. The van der Waals surface area contributed by atoms with E-state index in [4.69, 9.17) is 5.11 Å². The Bertz CT molecular complexity index is 1200. The molecule has 0 radical (unpaired) electrons. The van der Waals surface area contributed by atoms with Crippen molar-refractivity contribution in [3.63, 3.8) is 0 Å². The zero-order valence-electron chi connectivity index (χ0n) is 16.8. The fourth-order valence-electron chi connectivity index (χ4n) is 3.28. The molecule has 0 fully saturated rings. The average molecular weight is 416 g/mol. The number of amides is 1. The van der Waals surface area contributed by atoms with E-state index < -0.39 is 5.97 Å². The van der Waals surface area contributed by atoms with Gasteiger partial charge in [0.25, 0.3) is 5.91 Å². The number of nitrogens with zero attached hydrogens (tertiary/aromatic N) is 5. The van der Waals surface area contributed by atoms with Crippen LogP contribution in [0.1, 0.15) is 21.6 Å². The van der Waals surface area contributed by atoms with Gasteiger partial charge >= 0.3 is 5.97 Å². The van der Waals surface area contributed by atoms with Crippen molar-refractivity contribution in [2.75, 3.05) is 5.32 Å². The maximum absolute atomic E-state index is 13.0. The van der Waals surface area contributed by atoms with Crippen LogP contribution in [0.2, 0.25) is 0 Å². The number of benzene rings is 2. The molecule has 9 nitrogen and oxygen atoms in total. The molecule has 0 bridgehead atoms. The number of aliphatic carboxylic acids is 1. The maximum Gasteiger partial charge on any atom is 0.307 e. The van der Waals surface area contributed by atoms with Crippen molar-refractivity contribution in [3.8, 4) is 11.1 Å². The average Bonchev–Trinajstić information content (AvgIpc) is 3.39. The van der Waals surface area contributed by atoms with E-state index in [-0.39, 0.29) is 12.3 Å². The molecule has 1 amide bonds. The number of aromatic nitrogens is 5. The Balaban J connectivity index is 1.50. The molecule has 0 aliphatic heterocycles. The van der Waals surface area contributed by atoms with Crippen molar-refractivity contribution >= 4 is 17.6 Å². The predicted molar refractivity (Wildman–Crippen MR) is 114 cm³/mol. The number of carbonyl (C=O) groups excluding carboxylic acids is 1. The summed E-state index contributed by atoms with van der Waals surface area (Å²) in [5.74, 6) is -1.17. The first-order valence-corrected chi connectivity index (χ1v) is 9.55. The molecule has 2 aromatic carbocycles. The minimum absolute atomic E-state index is 0.0480. The Morgan fingerprint density at radius 1 is 1.00 bits per heavy atom. The van der Waals surface area contributed by atoms with Gasteiger partial charge in [0.05, 0.1) is 19.2 Å². The van der Waals surface area contributed by atoms with E-state index in [1.165, 1.54) is 11.0 Å². The van der Waals surface area contributed by atoms with Crippen LogP contribution in [0.15, 0.2) is 67.4 Å². The number of aryl methyl sites for hydroxylation is 1. The van der Waals surface area contributed by atoms with Crippen molar-refractivity contribution < 1.29 is 14.7 Å². The fourth-order valence-corrected chi connectivity index (χ4v) is 3.28. The highest BCUT2D eigenvalue weighted by Gasteiger charge is 2.18. The number of nitrogens with one attached hydrogen (secondary N) is 1. The highest BCUT2D eigenvalue weighted by atomic mass is 16.4. The van der Waals surface area contributed by atoms with Crippen LogP contribution >= 0.6 is 0 Å². The van der Waals surface area contributed by atoms with Gasteiger partial charge in [0.1, 0.15) is 18.3 Å². The number of carbonyl (C=O) groups is 2. The topological polar surface area (TPSA) is 115 Å². The second-order valence-corrected chi connectivity index (χ2v) is 7.04. The maximum atomic E-state index is 13.0. The normalized spacial score (nSPS) is 10.7. The summed E-state index contributed by atoms with van der Waals surface area (Å²) in [6.45, 7) is 0.595. The van der Waals surface area contributed by atoms with Gasteiger partial charge in [-0.05, 0) is 28.8 Å². The minimum Gasteiger partial charge on any atom is -0.481 e. The first kappa shape index (κ1) is 20.0. The number of carboxylic acid groups (broad SMARTS) is 1. The van der Waals surface area contributed by atoms with Crippen LogP contribution in [-0.2, 0) is 24.8 Å². The van der Waals surface area contributed by atoms with E-state index in [1.807, 2.05) is 24.3 Å². The third-order valence-electron chi connectivity index (χ3n) is 4.80. The van der Waals surface area contributed by atoms with E-state index in [9.17, 15) is 9.59 Å². The molecule has 4 rings (SSSR count). The summed E-state index contributed by atoms with van der Waals surface area (Å²) >= 11 is 0. The molecule has 2 heterocycles. The Morgan fingerprint density at radius 2 is 1.71 bits per heavy atom. The third kappa shape index (κ3) is 4.67. The summed E-state index contributed by atoms with van der Waals surface area (Å²) in [4.78, 5) is 27.8. The lowest BCUT2D eigenvalue weighted by Gasteiger charge is -2.09. The lowest BCUT2D eigenvalue weighted by molar-refractivity contribution is -0.136. The Labute approximate surface area is 178 Å². The van der Waals surface area contributed by atoms with E-state index in [2.05, 4.69) is 20.5 Å². The predicted octanol–water partition coefficient (Wildman–Crippen LogP) is 2.61. The summed E-state index contributed by atoms with van der Waals surface area (Å²) in [5.41, 5.74) is 4.26. The van der Waals surface area contributed by atoms with Crippen LogP contribution in [0.5, 0.6) is 0 Å². The third-order valence-corrected chi connectivity index (χ3v) is 4.80. The molecule has 0 aliphatic rings. The summed E-state index contributed by atoms with van der Waals surface area (Å²) in [7, 11) is 1.71. The molecule has 9 heteroatoms. The van der Waals surface area contributed by atoms with Crippen LogP contribution < -0.4 is 5.32 Å². The molecule has 0 saturated carbocycles. The Kier molecular flexibility index (Phi) is 5.57. The Hall–Kier alpha value is -4.27. The van der Waals surface area contributed by atoms with Gasteiger partial charge in [-0.2, -0.15) is 10.2 Å². The van der Waals surface area contributed by atoms with Gasteiger partial charge in [-0.3, -0.25) is 14.3 Å². The summed E-state index contributed by atoms with van der Waals surface area (Å²) in [5, 5.41) is 20.1. The van der Waals surface area contributed by atoms with Gasteiger partial charge in [0, 0.05) is 18.3 Å². The number of anilines is 1. The summed E-state index contributed by atoms with van der Waals surface area (Å²) < 4.78 is 3.24. The number of carboxylic acids is 1. The lowest BCUT2D eigenvalue weighted by Crippen LogP contribution is -2.17. The lowest BCUT2D eigenvalue weighted by atomic mass is 10.0. The van der Waals surface area contributed by atoms with Crippen LogP contribution in [0.25, 0.3) is 11.1 Å². The molecule has 2 N–H and O–H groups in total. The summed E-state index contributed by atoms with van der Waals surface area (Å²) in [6, 6.07) is 14.6. The second kappa shape index (κ2) is 8.62. The number of rotatable bonds is 7. The first-order chi connectivity index (χ1) is 15.0. The molecule has 0 spiro atoms. The number of hydrogen-bond donors (Lipinski definition) is 2. The highest BCUT2D eigenvalue weighted by molar-refractivity contribution is 6.07. The summed E-state index contributed by atoms with van der Waals surface area (Å²) in [6.07, 6.45) is 4.71. The molecule has 0 aliphatic carbocycles. The van der Waals surface area contributed by atoms with E-state index >= 15 is 0 Å². The minimum atomic E-state index is -0.887. The number of hydrogen-bond acceptors (Lipinski definition) is 5. The van der Waals surface area contributed by atoms with Crippen molar-refractivity contribution in [2.24, 2.45) is 7.05 Å². The van der Waals surface area contributed by atoms with Crippen molar-refractivity contribution in [2.45, 2.75) is 13.0 Å². The van der Waals surface area contributed by atoms with Crippen LogP contribution in [-0.4, -0.2) is 41.5 Å². The standard InChI is InChI=1S/C22H20N6O3/c1-27-21(19(11-24-27)17-6-2-15(3-7-17)10-20(29)30)22(31)26-18-8-4-16(5-9-18)12-28-14-23-13-25-28/h2-9,11,13-14H,10,12H2,1H3,(H,26,31)(H,29,30). The Morgan fingerprint density at radius 3 is 2.35 bits per heavy atom. The van der Waals surface area contributed by atoms with Crippen LogP contribution in [0.3, 0.4) is 0 Å². The largest absolute Gasteiger partial charge is 0.481 e.